The number of hydrogen-bond acceptors (Lipinski definition) is 3. The number of methoxy groups -OCH3 is 1. The van der Waals surface area contributed by atoms with Gasteiger partial charge in [0.1, 0.15) is 5.75 Å². The first kappa shape index (κ1) is 12.4. The summed E-state index contributed by atoms with van der Waals surface area (Å²) in [7, 11) is 1.68. The van der Waals surface area contributed by atoms with Crippen LogP contribution in [0.5, 0.6) is 5.75 Å². The molecule has 3 nitrogen and oxygen atoms in total. The van der Waals surface area contributed by atoms with Gasteiger partial charge < -0.3 is 10.1 Å². The van der Waals surface area contributed by atoms with E-state index in [2.05, 4.69) is 35.7 Å². The molecule has 0 aliphatic heterocycles. The molecular formula is C15H16N2O. The van der Waals surface area contributed by atoms with Gasteiger partial charge in [0.2, 0.25) is 0 Å². The van der Waals surface area contributed by atoms with E-state index in [4.69, 9.17) is 10.00 Å². The maximum Gasteiger partial charge on any atom is 0.119 e. The van der Waals surface area contributed by atoms with Crippen molar-refractivity contribution in [3.63, 3.8) is 0 Å². The van der Waals surface area contributed by atoms with E-state index in [9.17, 15) is 0 Å². The van der Waals surface area contributed by atoms with E-state index < -0.39 is 0 Å². The lowest BCUT2D eigenvalue weighted by atomic mass is 10.0. The number of nitriles is 1. The summed E-state index contributed by atoms with van der Waals surface area (Å²) in [6, 6.07) is 14.6. The standard InChI is InChI=1S/C15H16N2O/c1-18-15-5-4-13-10-12(2-3-14(13)11-15)6-8-17-9-7-16/h2-5,10-11,17H,6,8-9H2,1H3. The average Bonchev–Trinajstić information content (AvgIpc) is 2.43. The van der Waals surface area contributed by atoms with Crippen LogP contribution in [0.1, 0.15) is 5.56 Å². The highest BCUT2D eigenvalue weighted by Crippen LogP contribution is 2.21. The minimum atomic E-state index is 0.408. The Balaban J connectivity index is 2.10. The average molecular weight is 240 g/mol. The van der Waals surface area contributed by atoms with Crippen LogP contribution in [0.3, 0.4) is 0 Å². The molecule has 0 aliphatic carbocycles. The second-order valence-corrected chi connectivity index (χ2v) is 4.13. The largest absolute Gasteiger partial charge is 0.497 e. The van der Waals surface area contributed by atoms with Gasteiger partial charge in [0, 0.05) is 6.54 Å². The van der Waals surface area contributed by atoms with Gasteiger partial charge in [-0.3, -0.25) is 0 Å². The summed E-state index contributed by atoms with van der Waals surface area (Å²) in [5, 5.41) is 13.9. The molecule has 1 N–H and O–H groups in total. The highest BCUT2D eigenvalue weighted by atomic mass is 16.5. The molecule has 0 saturated carbocycles. The van der Waals surface area contributed by atoms with Crippen molar-refractivity contribution in [3.05, 3.63) is 42.0 Å². The molecule has 0 aliphatic rings. The number of hydrogen-bond donors (Lipinski definition) is 1. The van der Waals surface area contributed by atoms with Gasteiger partial charge in [0.25, 0.3) is 0 Å². The van der Waals surface area contributed by atoms with Crippen molar-refractivity contribution in [1.29, 1.82) is 5.26 Å². The van der Waals surface area contributed by atoms with Crippen LogP contribution < -0.4 is 10.1 Å². The van der Waals surface area contributed by atoms with Crippen molar-refractivity contribution < 1.29 is 4.74 Å². The minimum absolute atomic E-state index is 0.408. The lowest BCUT2D eigenvalue weighted by Gasteiger charge is -2.06. The second kappa shape index (κ2) is 6.04. The fourth-order valence-electron chi connectivity index (χ4n) is 1.93. The SMILES string of the molecule is COc1ccc2cc(CCNCC#N)ccc2c1. The monoisotopic (exact) mass is 240 g/mol. The van der Waals surface area contributed by atoms with Gasteiger partial charge in [-0.2, -0.15) is 5.26 Å². The van der Waals surface area contributed by atoms with Gasteiger partial charge in [0.15, 0.2) is 0 Å². The lowest BCUT2D eigenvalue weighted by molar-refractivity contribution is 0.415. The Kier molecular flexibility index (Phi) is 4.16. The van der Waals surface area contributed by atoms with Crippen LogP contribution in [0.15, 0.2) is 36.4 Å². The van der Waals surface area contributed by atoms with Crippen molar-refractivity contribution in [1.82, 2.24) is 5.32 Å². The predicted molar refractivity (Wildman–Crippen MR) is 72.7 cm³/mol. The van der Waals surface area contributed by atoms with Crippen LogP contribution >= 0.6 is 0 Å². The Morgan fingerprint density at radius 3 is 2.72 bits per heavy atom. The maximum atomic E-state index is 8.43. The van der Waals surface area contributed by atoms with E-state index in [1.54, 1.807) is 7.11 Å². The van der Waals surface area contributed by atoms with Gasteiger partial charge in [-0.25, -0.2) is 0 Å². The molecule has 0 amide bonds. The van der Waals surface area contributed by atoms with E-state index in [1.165, 1.54) is 16.3 Å². The minimum Gasteiger partial charge on any atom is -0.497 e. The summed E-state index contributed by atoms with van der Waals surface area (Å²) in [6.45, 7) is 1.24. The number of nitrogens with zero attached hydrogens (tertiary/aromatic N) is 1. The third kappa shape index (κ3) is 2.99. The lowest BCUT2D eigenvalue weighted by Crippen LogP contribution is -2.17. The molecule has 18 heavy (non-hydrogen) atoms. The van der Waals surface area contributed by atoms with Crippen molar-refractivity contribution >= 4 is 10.8 Å². The molecule has 0 spiro atoms. The molecule has 0 radical (unpaired) electrons. The topological polar surface area (TPSA) is 45.0 Å². The molecule has 3 heteroatoms. The van der Waals surface area contributed by atoms with Crippen LogP contribution in [0.4, 0.5) is 0 Å². The number of fused-ring (bicyclic) bond motifs is 1. The Morgan fingerprint density at radius 2 is 1.94 bits per heavy atom. The van der Waals surface area contributed by atoms with Crippen LogP contribution in [0.2, 0.25) is 0 Å². The van der Waals surface area contributed by atoms with E-state index in [0.717, 1.165) is 18.7 Å². The molecule has 0 heterocycles. The maximum absolute atomic E-state index is 8.43. The Morgan fingerprint density at radius 1 is 1.17 bits per heavy atom. The quantitative estimate of drug-likeness (QED) is 0.645. The van der Waals surface area contributed by atoms with Crippen LogP contribution in [-0.2, 0) is 6.42 Å². The molecule has 0 bridgehead atoms. The van der Waals surface area contributed by atoms with E-state index >= 15 is 0 Å². The zero-order chi connectivity index (χ0) is 12.8. The fourth-order valence-corrected chi connectivity index (χ4v) is 1.93. The molecule has 0 fully saturated rings. The smallest absolute Gasteiger partial charge is 0.119 e. The Bertz CT molecular complexity index is 572. The van der Waals surface area contributed by atoms with Gasteiger partial charge in [-0.15, -0.1) is 0 Å². The first-order valence-corrected chi connectivity index (χ1v) is 5.98. The summed E-state index contributed by atoms with van der Waals surface area (Å²) in [5.74, 6) is 0.880. The van der Waals surface area contributed by atoms with E-state index in [-0.39, 0.29) is 0 Å². The zero-order valence-electron chi connectivity index (χ0n) is 10.4. The van der Waals surface area contributed by atoms with Gasteiger partial charge in [-0.1, -0.05) is 24.3 Å². The van der Waals surface area contributed by atoms with Gasteiger partial charge in [0.05, 0.1) is 19.7 Å². The molecule has 2 rings (SSSR count). The van der Waals surface area contributed by atoms with Crippen molar-refractivity contribution in [3.8, 4) is 11.8 Å². The highest BCUT2D eigenvalue weighted by Gasteiger charge is 1.99. The van der Waals surface area contributed by atoms with E-state index in [0.29, 0.717) is 6.54 Å². The summed E-state index contributed by atoms with van der Waals surface area (Å²) in [6.07, 6.45) is 0.934. The van der Waals surface area contributed by atoms with Crippen LogP contribution in [0.25, 0.3) is 10.8 Å². The molecule has 0 atom stereocenters. The fraction of sp³-hybridized carbons (Fsp3) is 0.267. The van der Waals surface area contributed by atoms with Crippen molar-refractivity contribution in [2.24, 2.45) is 0 Å². The third-order valence-electron chi connectivity index (χ3n) is 2.91. The summed E-state index contributed by atoms with van der Waals surface area (Å²) in [5.41, 5.74) is 1.28. The number of nitrogens with one attached hydrogen (secondary N) is 1. The van der Waals surface area contributed by atoms with Crippen molar-refractivity contribution in [2.75, 3.05) is 20.2 Å². The first-order chi connectivity index (χ1) is 8.83. The summed E-state index contributed by atoms with van der Waals surface area (Å²) in [4.78, 5) is 0. The van der Waals surface area contributed by atoms with Gasteiger partial charge in [-0.05, 0) is 34.9 Å². The molecule has 2 aromatic rings. The zero-order valence-corrected chi connectivity index (χ0v) is 10.4. The highest BCUT2D eigenvalue weighted by molar-refractivity contribution is 5.84. The first-order valence-electron chi connectivity index (χ1n) is 5.98. The second-order valence-electron chi connectivity index (χ2n) is 4.13. The Hall–Kier alpha value is -2.05. The number of rotatable bonds is 5. The molecule has 0 aromatic heterocycles. The summed E-state index contributed by atoms with van der Waals surface area (Å²) < 4.78 is 5.20. The Labute approximate surface area is 107 Å². The van der Waals surface area contributed by atoms with Crippen molar-refractivity contribution in [2.45, 2.75) is 6.42 Å². The molecular weight excluding hydrogens is 224 g/mol. The molecule has 0 saturated heterocycles. The summed E-state index contributed by atoms with van der Waals surface area (Å²) >= 11 is 0. The van der Waals surface area contributed by atoms with Crippen LogP contribution in [-0.4, -0.2) is 20.2 Å². The van der Waals surface area contributed by atoms with Crippen LogP contribution in [0, 0.1) is 11.3 Å². The van der Waals surface area contributed by atoms with E-state index in [1.807, 2.05) is 12.1 Å². The van der Waals surface area contributed by atoms with Gasteiger partial charge >= 0.3 is 0 Å². The number of benzene rings is 2. The predicted octanol–water partition coefficient (Wildman–Crippen LogP) is 2.50. The molecule has 92 valence electrons. The number of ether oxygens (including phenoxy) is 1. The molecule has 0 unspecified atom stereocenters. The normalized spacial score (nSPS) is 10.2. The third-order valence-corrected chi connectivity index (χ3v) is 2.91. The molecule has 2 aromatic carbocycles.